The van der Waals surface area contributed by atoms with E-state index in [1.165, 1.54) is 11.1 Å². The molecule has 1 saturated heterocycles. The first-order valence-corrected chi connectivity index (χ1v) is 7.89. The molecule has 134 valence electrons. The zero-order chi connectivity index (χ0) is 15.5. The van der Waals surface area contributed by atoms with Gasteiger partial charge in [0.15, 0.2) is 0 Å². The fourth-order valence-electron chi connectivity index (χ4n) is 3.18. The third kappa shape index (κ3) is 4.59. The van der Waals surface area contributed by atoms with Crippen molar-refractivity contribution < 1.29 is 9.59 Å². The van der Waals surface area contributed by atoms with Gasteiger partial charge >= 0.3 is 0 Å². The lowest BCUT2D eigenvalue weighted by molar-refractivity contribution is -0.131. The fourth-order valence-corrected chi connectivity index (χ4v) is 3.18. The molecule has 24 heavy (non-hydrogen) atoms. The van der Waals surface area contributed by atoms with Gasteiger partial charge in [0.1, 0.15) is 6.04 Å². The summed E-state index contributed by atoms with van der Waals surface area (Å²) in [6.45, 7) is 4.25. The van der Waals surface area contributed by atoms with Crippen LogP contribution in [0.1, 0.15) is 41.6 Å². The molecule has 0 aromatic carbocycles. The Morgan fingerprint density at radius 2 is 2.17 bits per heavy atom. The zero-order valence-electron chi connectivity index (χ0n) is 13.7. The summed E-state index contributed by atoms with van der Waals surface area (Å²) in [6.07, 6.45) is 4.89. The van der Waals surface area contributed by atoms with E-state index in [1.807, 2.05) is 13.1 Å². The molecule has 3 rings (SSSR count). The second-order valence-corrected chi connectivity index (χ2v) is 5.98. The number of pyridine rings is 1. The quantitative estimate of drug-likeness (QED) is 0.741. The first-order chi connectivity index (χ1) is 10.6. The number of aryl methyl sites for hydroxylation is 1. The van der Waals surface area contributed by atoms with Crippen molar-refractivity contribution in [1.82, 2.24) is 20.9 Å². The highest BCUT2D eigenvalue weighted by Crippen LogP contribution is 2.20. The summed E-state index contributed by atoms with van der Waals surface area (Å²) in [5.41, 5.74) is 4.61. The van der Waals surface area contributed by atoms with E-state index >= 15 is 0 Å². The summed E-state index contributed by atoms with van der Waals surface area (Å²) < 4.78 is 0. The Kier molecular flexibility index (Phi) is 7.93. The number of halogens is 2. The maximum Gasteiger partial charge on any atom is 0.242 e. The van der Waals surface area contributed by atoms with Crippen LogP contribution in [0.5, 0.6) is 0 Å². The zero-order valence-corrected chi connectivity index (χ0v) is 15.3. The van der Waals surface area contributed by atoms with E-state index in [0.29, 0.717) is 19.4 Å². The summed E-state index contributed by atoms with van der Waals surface area (Å²) in [4.78, 5) is 28.1. The first-order valence-electron chi connectivity index (χ1n) is 7.89. The number of carbonyl (C=O) groups excluding carboxylic acids is 2. The molecule has 2 aliphatic rings. The minimum absolute atomic E-state index is 0. The smallest absolute Gasteiger partial charge is 0.242 e. The highest BCUT2D eigenvalue weighted by atomic mass is 35.5. The molecule has 0 saturated carbocycles. The van der Waals surface area contributed by atoms with Crippen LogP contribution in [-0.2, 0) is 29.1 Å². The second kappa shape index (κ2) is 9.20. The molecule has 0 bridgehead atoms. The predicted molar refractivity (Wildman–Crippen MR) is 96.5 cm³/mol. The van der Waals surface area contributed by atoms with Gasteiger partial charge in [0, 0.05) is 31.4 Å². The normalized spacial score (nSPS) is 19.2. The second-order valence-electron chi connectivity index (χ2n) is 5.98. The molecule has 0 aliphatic carbocycles. The van der Waals surface area contributed by atoms with Gasteiger partial charge in [0.25, 0.3) is 0 Å². The van der Waals surface area contributed by atoms with Crippen LogP contribution in [0, 0.1) is 6.92 Å². The molecule has 1 atom stereocenters. The molecule has 1 fully saturated rings. The molecule has 3 heterocycles. The topological polar surface area (TPSA) is 83.1 Å². The van der Waals surface area contributed by atoms with Gasteiger partial charge in [-0.2, -0.15) is 0 Å². The van der Waals surface area contributed by atoms with Gasteiger partial charge in [-0.3, -0.25) is 14.6 Å². The minimum Gasteiger partial charge on any atom is -0.350 e. The van der Waals surface area contributed by atoms with Crippen molar-refractivity contribution in [1.29, 1.82) is 0 Å². The molecule has 2 aliphatic heterocycles. The molecule has 6 nitrogen and oxygen atoms in total. The van der Waals surface area contributed by atoms with Crippen LogP contribution in [0.25, 0.3) is 0 Å². The number of hydrogen-bond acceptors (Lipinski definition) is 4. The number of amides is 2. The Morgan fingerprint density at radius 3 is 2.92 bits per heavy atom. The van der Waals surface area contributed by atoms with E-state index in [2.05, 4.69) is 20.9 Å². The Labute approximate surface area is 154 Å². The van der Waals surface area contributed by atoms with E-state index < -0.39 is 6.04 Å². The number of hydrogen-bond donors (Lipinski definition) is 3. The average Bonchev–Trinajstić information content (AvgIpc) is 2.53. The molecule has 0 unspecified atom stereocenters. The van der Waals surface area contributed by atoms with Crippen LogP contribution < -0.4 is 16.0 Å². The predicted octanol–water partition coefficient (Wildman–Crippen LogP) is 1.16. The highest BCUT2D eigenvalue weighted by molar-refractivity contribution is 5.88. The number of carbonyl (C=O) groups is 2. The fraction of sp³-hybridized carbons (Fsp3) is 0.562. The van der Waals surface area contributed by atoms with E-state index in [0.717, 1.165) is 37.2 Å². The largest absolute Gasteiger partial charge is 0.350 e. The van der Waals surface area contributed by atoms with Gasteiger partial charge in [0.2, 0.25) is 11.8 Å². The maximum atomic E-state index is 12.2. The first kappa shape index (κ1) is 20.7. The van der Waals surface area contributed by atoms with E-state index in [4.69, 9.17) is 0 Å². The number of fused-ring (bicyclic) bond motifs is 1. The number of aromatic nitrogens is 1. The van der Waals surface area contributed by atoms with Crippen molar-refractivity contribution in [2.24, 2.45) is 0 Å². The molecule has 0 spiro atoms. The standard InChI is InChI=1S/C16H22N4O2.2ClH/c1-10-13(12-5-6-17-7-11(12)8-18-10)9-19-16(22)14-3-2-4-15(21)20-14;;/h8,14,17H,2-7,9H2,1H3,(H,19,22)(H,20,21);2*1H/t14-;;/m0../s1. The maximum absolute atomic E-state index is 12.2. The Morgan fingerprint density at radius 1 is 1.38 bits per heavy atom. The third-order valence-electron chi connectivity index (χ3n) is 4.46. The van der Waals surface area contributed by atoms with Crippen molar-refractivity contribution in [3.8, 4) is 0 Å². The summed E-state index contributed by atoms with van der Waals surface area (Å²) in [5, 5.41) is 9.05. The monoisotopic (exact) mass is 374 g/mol. The van der Waals surface area contributed by atoms with Crippen LogP contribution in [0.3, 0.4) is 0 Å². The van der Waals surface area contributed by atoms with Gasteiger partial charge in [-0.25, -0.2) is 0 Å². The lowest BCUT2D eigenvalue weighted by Crippen LogP contribution is -2.48. The van der Waals surface area contributed by atoms with Crippen molar-refractivity contribution in [2.45, 2.75) is 51.7 Å². The highest BCUT2D eigenvalue weighted by Gasteiger charge is 2.25. The number of rotatable bonds is 3. The minimum atomic E-state index is -0.393. The van der Waals surface area contributed by atoms with Crippen LogP contribution in [0.15, 0.2) is 6.20 Å². The van der Waals surface area contributed by atoms with Crippen molar-refractivity contribution in [3.05, 3.63) is 28.6 Å². The summed E-state index contributed by atoms with van der Waals surface area (Å²) >= 11 is 0. The van der Waals surface area contributed by atoms with Crippen molar-refractivity contribution >= 4 is 36.6 Å². The molecular weight excluding hydrogens is 351 g/mol. The summed E-state index contributed by atoms with van der Waals surface area (Å²) in [5.74, 6) is -0.133. The van der Waals surface area contributed by atoms with Crippen LogP contribution in [0.4, 0.5) is 0 Å². The van der Waals surface area contributed by atoms with E-state index in [9.17, 15) is 9.59 Å². The molecular formula is C16H24Cl2N4O2. The molecule has 3 N–H and O–H groups in total. The number of piperidine rings is 1. The number of nitrogens with one attached hydrogen (secondary N) is 3. The molecule has 8 heteroatoms. The lowest BCUT2D eigenvalue weighted by Gasteiger charge is -2.24. The Balaban J connectivity index is 0.00000144. The van der Waals surface area contributed by atoms with E-state index in [-0.39, 0.29) is 36.6 Å². The third-order valence-corrected chi connectivity index (χ3v) is 4.46. The SMILES string of the molecule is Cc1ncc2c(c1CNC(=O)[C@@H]1CCCC(=O)N1)CCNC2.Cl.Cl. The number of nitrogens with zero attached hydrogens (tertiary/aromatic N) is 1. The Hall–Kier alpha value is -1.37. The van der Waals surface area contributed by atoms with Gasteiger partial charge in [-0.05, 0) is 49.4 Å². The van der Waals surface area contributed by atoms with Crippen molar-refractivity contribution in [3.63, 3.8) is 0 Å². The van der Waals surface area contributed by atoms with Gasteiger partial charge < -0.3 is 16.0 Å². The van der Waals surface area contributed by atoms with Gasteiger partial charge in [-0.1, -0.05) is 0 Å². The van der Waals surface area contributed by atoms with Gasteiger partial charge in [-0.15, -0.1) is 24.8 Å². The van der Waals surface area contributed by atoms with Crippen LogP contribution in [-0.4, -0.2) is 29.4 Å². The Bertz CT molecular complexity index is 610. The van der Waals surface area contributed by atoms with Crippen LogP contribution >= 0.6 is 24.8 Å². The van der Waals surface area contributed by atoms with Gasteiger partial charge in [0.05, 0.1) is 0 Å². The summed E-state index contributed by atoms with van der Waals surface area (Å²) in [6, 6.07) is -0.393. The molecule has 2 amide bonds. The molecule has 1 aromatic heterocycles. The molecule has 1 aromatic rings. The molecule has 0 radical (unpaired) electrons. The van der Waals surface area contributed by atoms with Crippen LogP contribution in [0.2, 0.25) is 0 Å². The van der Waals surface area contributed by atoms with Crippen molar-refractivity contribution in [2.75, 3.05) is 6.54 Å². The average molecular weight is 375 g/mol. The van der Waals surface area contributed by atoms with E-state index in [1.54, 1.807) is 0 Å². The lowest BCUT2D eigenvalue weighted by atomic mass is 9.95. The summed E-state index contributed by atoms with van der Waals surface area (Å²) in [7, 11) is 0.